The zero-order valence-corrected chi connectivity index (χ0v) is 12.5. The van der Waals surface area contributed by atoms with Gasteiger partial charge in [-0.2, -0.15) is 0 Å². The Balaban J connectivity index is 2.64. The number of aryl methyl sites for hydroxylation is 4. The third-order valence-electron chi connectivity index (χ3n) is 3.38. The highest BCUT2D eigenvalue weighted by molar-refractivity contribution is 5.70. The normalized spacial score (nSPS) is 11.9. The van der Waals surface area contributed by atoms with E-state index in [0.29, 0.717) is 5.82 Å². The molecule has 1 heterocycles. The van der Waals surface area contributed by atoms with Gasteiger partial charge in [-0.3, -0.25) is 0 Å². The summed E-state index contributed by atoms with van der Waals surface area (Å²) in [5, 5.41) is 10.1. The molecule has 0 fully saturated rings. The number of hydrogen-bond acceptors (Lipinski definition) is 2. The van der Waals surface area contributed by atoms with E-state index in [1.54, 1.807) is 13.8 Å². The third-order valence-corrected chi connectivity index (χ3v) is 3.38. The molecule has 19 heavy (non-hydrogen) atoms. The van der Waals surface area contributed by atoms with Crippen LogP contribution in [0, 0.1) is 27.7 Å². The molecule has 0 unspecified atom stereocenters. The number of aromatic amines is 1. The lowest BCUT2D eigenvalue weighted by Crippen LogP contribution is -2.17. The molecule has 1 aromatic heterocycles. The lowest BCUT2D eigenvalue weighted by molar-refractivity contribution is 0.0696. The lowest BCUT2D eigenvalue weighted by atomic mass is 9.96. The second-order valence-electron chi connectivity index (χ2n) is 5.89. The summed E-state index contributed by atoms with van der Waals surface area (Å²) in [5.74, 6) is 0.611. The number of H-pyrrole nitrogens is 1. The van der Waals surface area contributed by atoms with Crippen LogP contribution in [0.4, 0.5) is 0 Å². The van der Waals surface area contributed by atoms with Crippen LogP contribution in [0.2, 0.25) is 0 Å². The summed E-state index contributed by atoms with van der Waals surface area (Å²) in [4.78, 5) is 7.79. The van der Waals surface area contributed by atoms with Crippen LogP contribution in [0.25, 0.3) is 11.3 Å². The van der Waals surface area contributed by atoms with Crippen LogP contribution in [0.3, 0.4) is 0 Å². The fourth-order valence-corrected chi connectivity index (χ4v) is 2.55. The monoisotopic (exact) mass is 258 g/mol. The molecule has 0 atom stereocenters. The first-order chi connectivity index (χ1) is 8.70. The van der Waals surface area contributed by atoms with Gasteiger partial charge in [0, 0.05) is 11.3 Å². The Morgan fingerprint density at radius 3 is 2.00 bits per heavy atom. The minimum Gasteiger partial charge on any atom is -0.383 e. The maximum atomic E-state index is 10.1. The Hall–Kier alpha value is -1.61. The molecule has 1 aromatic carbocycles. The molecule has 2 aromatic rings. The van der Waals surface area contributed by atoms with Gasteiger partial charge in [0.25, 0.3) is 0 Å². The molecular weight excluding hydrogens is 236 g/mol. The molecule has 2 rings (SSSR count). The largest absolute Gasteiger partial charge is 0.383 e. The molecule has 3 nitrogen and oxygen atoms in total. The van der Waals surface area contributed by atoms with E-state index in [-0.39, 0.29) is 0 Å². The number of rotatable bonds is 2. The highest BCUT2D eigenvalue weighted by atomic mass is 16.3. The van der Waals surface area contributed by atoms with Gasteiger partial charge >= 0.3 is 0 Å². The van der Waals surface area contributed by atoms with Crippen molar-refractivity contribution in [3.63, 3.8) is 0 Å². The van der Waals surface area contributed by atoms with E-state index in [1.807, 2.05) is 6.92 Å². The van der Waals surface area contributed by atoms with Crippen LogP contribution >= 0.6 is 0 Å². The lowest BCUT2D eigenvalue weighted by Gasteiger charge is -2.13. The van der Waals surface area contributed by atoms with Gasteiger partial charge in [-0.05, 0) is 52.7 Å². The summed E-state index contributed by atoms with van der Waals surface area (Å²) in [6.45, 7) is 11.8. The molecule has 3 heteroatoms. The molecule has 0 amide bonds. The fraction of sp³-hybridized carbons (Fsp3) is 0.438. The molecule has 0 saturated carbocycles. The highest BCUT2D eigenvalue weighted by Gasteiger charge is 2.23. The van der Waals surface area contributed by atoms with Crippen molar-refractivity contribution in [3.05, 3.63) is 40.3 Å². The van der Waals surface area contributed by atoms with Crippen molar-refractivity contribution in [3.8, 4) is 11.3 Å². The van der Waals surface area contributed by atoms with E-state index in [0.717, 1.165) is 17.0 Å². The number of imidazole rings is 1. The molecule has 0 aliphatic heterocycles. The molecule has 0 aliphatic rings. The Bertz CT molecular complexity index is 595. The van der Waals surface area contributed by atoms with Gasteiger partial charge < -0.3 is 10.1 Å². The highest BCUT2D eigenvalue weighted by Crippen LogP contribution is 2.31. The standard InChI is InChI=1S/C16H22N2O/c1-9-7-10(2)13(11(3)8-9)14-12(4)17-15(18-14)16(5,6)19/h7-8,19H,1-6H3,(H,17,18). The number of nitrogens with one attached hydrogen (secondary N) is 1. The van der Waals surface area contributed by atoms with Crippen molar-refractivity contribution in [2.45, 2.75) is 47.1 Å². The maximum absolute atomic E-state index is 10.1. The molecule has 0 bridgehead atoms. The van der Waals surface area contributed by atoms with Crippen molar-refractivity contribution in [2.75, 3.05) is 0 Å². The summed E-state index contributed by atoms with van der Waals surface area (Å²) in [6, 6.07) is 4.33. The zero-order valence-electron chi connectivity index (χ0n) is 12.5. The summed E-state index contributed by atoms with van der Waals surface area (Å²) in [5.41, 5.74) is 5.84. The topological polar surface area (TPSA) is 48.9 Å². The Morgan fingerprint density at radius 1 is 1.05 bits per heavy atom. The van der Waals surface area contributed by atoms with E-state index in [9.17, 15) is 5.11 Å². The summed E-state index contributed by atoms with van der Waals surface area (Å²) in [6.07, 6.45) is 0. The SMILES string of the molecule is Cc1cc(C)c(-c2nc(C(C)(C)O)[nH]c2C)c(C)c1. The van der Waals surface area contributed by atoms with E-state index in [2.05, 4.69) is 42.9 Å². The molecule has 0 saturated heterocycles. The van der Waals surface area contributed by atoms with Crippen LogP contribution < -0.4 is 0 Å². The first kappa shape index (κ1) is 13.8. The second-order valence-corrected chi connectivity index (χ2v) is 5.89. The van der Waals surface area contributed by atoms with E-state index < -0.39 is 5.60 Å². The van der Waals surface area contributed by atoms with Crippen LogP contribution in [0.5, 0.6) is 0 Å². The quantitative estimate of drug-likeness (QED) is 0.865. The van der Waals surface area contributed by atoms with Gasteiger partial charge in [-0.25, -0.2) is 4.98 Å². The smallest absolute Gasteiger partial charge is 0.138 e. The van der Waals surface area contributed by atoms with Crippen molar-refractivity contribution in [1.82, 2.24) is 9.97 Å². The predicted molar refractivity (Wildman–Crippen MR) is 78.2 cm³/mol. The number of hydrogen-bond donors (Lipinski definition) is 2. The molecular formula is C16H22N2O. The van der Waals surface area contributed by atoms with E-state index in [4.69, 9.17) is 0 Å². The summed E-state index contributed by atoms with van der Waals surface area (Å²) >= 11 is 0. The molecule has 0 radical (unpaired) electrons. The zero-order chi connectivity index (χ0) is 14.4. The number of aliphatic hydroxyl groups is 1. The Kier molecular flexibility index (Phi) is 3.27. The van der Waals surface area contributed by atoms with Crippen molar-refractivity contribution in [2.24, 2.45) is 0 Å². The van der Waals surface area contributed by atoms with Gasteiger partial charge in [-0.15, -0.1) is 0 Å². The van der Waals surface area contributed by atoms with Crippen molar-refractivity contribution < 1.29 is 5.11 Å². The van der Waals surface area contributed by atoms with Crippen LogP contribution in [0.15, 0.2) is 12.1 Å². The Morgan fingerprint density at radius 2 is 1.58 bits per heavy atom. The average Bonchev–Trinajstić information content (AvgIpc) is 2.59. The number of aromatic nitrogens is 2. The summed E-state index contributed by atoms with van der Waals surface area (Å²) < 4.78 is 0. The Labute approximate surface area is 114 Å². The second kappa shape index (κ2) is 4.49. The molecule has 0 aliphatic carbocycles. The number of benzene rings is 1. The van der Waals surface area contributed by atoms with Crippen LogP contribution in [-0.4, -0.2) is 15.1 Å². The van der Waals surface area contributed by atoms with Crippen LogP contribution in [-0.2, 0) is 5.60 Å². The maximum Gasteiger partial charge on any atom is 0.138 e. The summed E-state index contributed by atoms with van der Waals surface area (Å²) in [7, 11) is 0. The van der Waals surface area contributed by atoms with Crippen molar-refractivity contribution >= 4 is 0 Å². The minimum absolute atomic E-state index is 0.611. The van der Waals surface area contributed by atoms with Gasteiger partial charge in [0.1, 0.15) is 11.4 Å². The fourth-order valence-electron chi connectivity index (χ4n) is 2.55. The van der Waals surface area contributed by atoms with Gasteiger partial charge in [0.15, 0.2) is 0 Å². The predicted octanol–water partition coefficient (Wildman–Crippen LogP) is 3.54. The van der Waals surface area contributed by atoms with E-state index >= 15 is 0 Å². The van der Waals surface area contributed by atoms with Gasteiger partial charge in [-0.1, -0.05) is 17.7 Å². The molecule has 2 N–H and O–H groups in total. The number of nitrogens with zero attached hydrogens (tertiary/aromatic N) is 1. The molecule has 102 valence electrons. The van der Waals surface area contributed by atoms with Gasteiger partial charge in [0.2, 0.25) is 0 Å². The average molecular weight is 258 g/mol. The van der Waals surface area contributed by atoms with Crippen molar-refractivity contribution in [1.29, 1.82) is 0 Å². The first-order valence-electron chi connectivity index (χ1n) is 6.58. The third kappa shape index (κ3) is 2.56. The minimum atomic E-state index is -0.949. The first-order valence-corrected chi connectivity index (χ1v) is 6.58. The van der Waals surface area contributed by atoms with Gasteiger partial charge in [0.05, 0.1) is 5.69 Å². The van der Waals surface area contributed by atoms with Crippen LogP contribution in [0.1, 0.15) is 42.1 Å². The molecule has 0 spiro atoms. The van der Waals surface area contributed by atoms with E-state index in [1.165, 1.54) is 16.7 Å².